The highest BCUT2D eigenvalue weighted by Gasteiger charge is 2.21. The number of amides is 1. The second kappa shape index (κ2) is 5.56. The van der Waals surface area contributed by atoms with Crippen LogP contribution in [0.5, 0.6) is 0 Å². The summed E-state index contributed by atoms with van der Waals surface area (Å²) in [5, 5.41) is 8.20. The lowest BCUT2D eigenvalue weighted by Crippen LogP contribution is -2.34. The predicted octanol–water partition coefficient (Wildman–Crippen LogP) is -0.0661. The second-order valence-corrected chi connectivity index (χ2v) is 3.35. The zero-order valence-electron chi connectivity index (χ0n) is 8.49. The van der Waals surface area contributed by atoms with Crippen LogP contribution < -0.4 is 5.48 Å². The normalized spacial score (nSPS) is 11.1. The van der Waals surface area contributed by atoms with E-state index in [4.69, 9.17) is 9.84 Å². The molecule has 6 nitrogen and oxygen atoms in total. The van der Waals surface area contributed by atoms with Crippen molar-refractivity contribution in [3.05, 3.63) is 0 Å². The number of ether oxygens (including phenoxy) is 1. The number of carbonyl (C=O) groups excluding carboxylic acids is 1. The summed E-state index contributed by atoms with van der Waals surface area (Å²) >= 11 is 0. The molecule has 0 bridgehead atoms. The molecule has 0 radical (unpaired) electrons. The number of carboxylic acid groups (broad SMARTS) is 1. The van der Waals surface area contributed by atoms with Gasteiger partial charge >= 0.3 is 5.97 Å². The first-order valence-electron chi connectivity index (χ1n) is 4.05. The summed E-state index contributed by atoms with van der Waals surface area (Å²) in [6, 6.07) is 0. The zero-order chi connectivity index (χ0) is 11.2. The van der Waals surface area contributed by atoms with E-state index in [1.54, 1.807) is 13.8 Å². The first-order valence-corrected chi connectivity index (χ1v) is 4.05. The van der Waals surface area contributed by atoms with E-state index in [2.05, 4.69) is 4.84 Å². The van der Waals surface area contributed by atoms with Gasteiger partial charge < -0.3 is 9.84 Å². The molecule has 0 fully saturated rings. The fourth-order valence-electron chi connectivity index (χ4n) is 0.673. The van der Waals surface area contributed by atoms with Gasteiger partial charge in [0, 0.05) is 7.11 Å². The summed E-state index contributed by atoms with van der Waals surface area (Å²) in [5.41, 5.74) is 1.42. The van der Waals surface area contributed by atoms with Crippen LogP contribution in [-0.2, 0) is 19.2 Å². The number of methoxy groups -OCH3 is 1. The average molecular weight is 205 g/mol. The van der Waals surface area contributed by atoms with Crippen LogP contribution in [0.1, 0.15) is 20.3 Å². The van der Waals surface area contributed by atoms with Crippen LogP contribution in [0.25, 0.3) is 0 Å². The molecule has 0 aliphatic heterocycles. The van der Waals surface area contributed by atoms with Gasteiger partial charge in [0.15, 0.2) is 6.61 Å². The maximum atomic E-state index is 11.1. The number of carbonyl (C=O) groups is 2. The van der Waals surface area contributed by atoms with Crippen LogP contribution in [0.2, 0.25) is 0 Å². The lowest BCUT2D eigenvalue weighted by molar-refractivity contribution is -0.150. The van der Waals surface area contributed by atoms with Gasteiger partial charge in [0.2, 0.25) is 5.91 Å². The Balaban J connectivity index is 3.71. The quantitative estimate of drug-likeness (QED) is 0.593. The number of nitrogens with one attached hydrogen (secondary N) is 1. The lowest BCUT2D eigenvalue weighted by Gasteiger charge is -2.21. The van der Waals surface area contributed by atoms with E-state index in [-0.39, 0.29) is 6.42 Å². The molecule has 82 valence electrons. The number of hydroxylamine groups is 1. The van der Waals surface area contributed by atoms with E-state index in [1.807, 2.05) is 5.48 Å². The Labute approximate surface area is 82.1 Å². The summed E-state index contributed by atoms with van der Waals surface area (Å²) in [6.07, 6.45) is 0.100. The van der Waals surface area contributed by atoms with Crippen LogP contribution in [0, 0.1) is 0 Å². The Morgan fingerprint density at radius 3 is 2.43 bits per heavy atom. The van der Waals surface area contributed by atoms with Gasteiger partial charge in [-0.1, -0.05) is 0 Å². The first kappa shape index (κ1) is 12.9. The maximum absolute atomic E-state index is 11.1. The summed E-state index contributed by atoms with van der Waals surface area (Å²) < 4.78 is 5.00. The van der Waals surface area contributed by atoms with E-state index in [0.29, 0.717) is 0 Å². The van der Waals surface area contributed by atoms with Gasteiger partial charge in [-0.3, -0.25) is 9.63 Å². The molecular weight excluding hydrogens is 190 g/mol. The fourth-order valence-corrected chi connectivity index (χ4v) is 0.673. The molecule has 1 amide bonds. The number of aliphatic carboxylic acids is 1. The Bertz CT molecular complexity index is 214. The molecule has 0 aromatic carbocycles. The molecule has 0 rings (SSSR count). The molecular formula is C8H15NO5. The van der Waals surface area contributed by atoms with Crippen molar-refractivity contribution in [2.75, 3.05) is 13.7 Å². The lowest BCUT2D eigenvalue weighted by atomic mass is 10.1. The van der Waals surface area contributed by atoms with E-state index in [9.17, 15) is 9.59 Å². The van der Waals surface area contributed by atoms with E-state index >= 15 is 0 Å². The van der Waals surface area contributed by atoms with Crippen LogP contribution in [0.3, 0.4) is 0 Å². The highest BCUT2D eigenvalue weighted by atomic mass is 16.7. The predicted molar refractivity (Wildman–Crippen MR) is 47.4 cm³/mol. The third-order valence-corrected chi connectivity index (χ3v) is 1.52. The van der Waals surface area contributed by atoms with Crippen molar-refractivity contribution >= 4 is 11.9 Å². The minimum atomic E-state index is -1.14. The first-order chi connectivity index (χ1) is 6.37. The Morgan fingerprint density at radius 2 is 2.00 bits per heavy atom. The van der Waals surface area contributed by atoms with Crippen LogP contribution in [0.15, 0.2) is 0 Å². The van der Waals surface area contributed by atoms with Crippen molar-refractivity contribution in [2.45, 2.75) is 25.9 Å². The molecule has 0 heterocycles. The number of hydrogen-bond donors (Lipinski definition) is 2. The van der Waals surface area contributed by atoms with Gasteiger partial charge in [-0.05, 0) is 13.8 Å². The van der Waals surface area contributed by atoms with Crippen LogP contribution in [0.4, 0.5) is 0 Å². The zero-order valence-corrected chi connectivity index (χ0v) is 8.49. The van der Waals surface area contributed by atoms with Gasteiger partial charge in [-0.15, -0.1) is 0 Å². The van der Waals surface area contributed by atoms with Crippen molar-refractivity contribution in [1.82, 2.24) is 5.48 Å². The molecule has 0 aromatic rings. The fraction of sp³-hybridized carbons (Fsp3) is 0.750. The molecule has 6 heteroatoms. The number of carboxylic acids is 1. The Morgan fingerprint density at radius 1 is 1.43 bits per heavy atom. The SMILES string of the molecule is COC(C)(C)CC(=O)NOCC(=O)O. The highest BCUT2D eigenvalue weighted by Crippen LogP contribution is 2.11. The van der Waals surface area contributed by atoms with Crippen LogP contribution >= 0.6 is 0 Å². The minimum absolute atomic E-state index is 0.100. The monoisotopic (exact) mass is 205 g/mol. The smallest absolute Gasteiger partial charge is 0.332 e. The van der Waals surface area contributed by atoms with Gasteiger partial charge in [-0.25, -0.2) is 10.3 Å². The molecule has 14 heavy (non-hydrogen) atoms. The van der Waals surface area contributed by atoms with Crippen molar-refractivity contribution in [2.24, 2.45) is 0 Å². The molecule has 0 saturated carbocycles. The third kappa shape index (κ3) is 6.38. The molecule has 0 aromatic heterocycles. The van der Waals surface area contributed by atoms with Gasteiger partial charge in [0.25, 0.3) is 0 Å². The highest BCUT2D eigenvalue weighted by molar-refractivity contribution is 5.76. The van der Waals surface area contributed by atoms with Crippen molar-refractivity contribution < 1.29 is 24.3 Å². The summed E-state index contributed by atoms with van der Waals surface area (Å²) in [5.74, 6) is -1.56. The Kier molecular flexibility index (Phi) is 5.11. The van der Waals surface area contributed by atoms with E-state index in [0.717, 1.165) is 0 Å². The second-order valence-electron chi connectivity index (χ2n) is 3.35. The molecule has 0 aliphatic rings. The molecule has 0 aliphatic carbocycles. The standard InChI is InChI=1S/C8H15NO5/c1-8(2,13-3)4-6(10)9-14-5-7(11)12/h4-5H2,1-3H3,(H,9,10)(H,11,12). The largest absolute Gasteiger partial charge is 0.479 e. The topological polar surface area (TPSA) is 84.9 Å². The van der Waals surface area contributed by atoms with Gasteiger partial charge in [0.1, 0.15) is 0 Å². The van der Waals surface area contributed by atoms with Crippen molar-refractivity contribution in [3.8, 4) is 0 Å². The summed E-state index contributed by atoms with van der Waals surface area (Å²) in [7, 11) is 1.49. The van der Waals surface area contributed by atoms with E-state index < -0.39 is 24.1 Å². The molecule has 0 saturated heterocycles. The maximum Gasteiger partial charge on any atom is 0.332 e. The van der Waals surface area contributed by atoms with Gasteiger partial charge in [0.05, 0.1) is 12.0 Å². The molecule has 0 unspecified atom stereocenters. The minimum Gasteiger partial charge on any atom is -0.479 e. The molecule has 0 atom stereocenters. The van der Waals surface area contributed by atoms with Crippen molar-refractivity contribution in [3.63, 3.8) is 0 Å². The molecule has 2 N–H and O–H groups in total. The van der Waals surface area contributed by atoms with Crippen molar-refractivity contribution in [1.29, 1.82) is 0 Å². The summed E-state index contributed by atoms with van der Waals surface area (Å²) in [6.45, 7) is 2.92. The number of rotatable bonds is 6. The third-order valence-electron chi connectivity index (χ3n) is 1.52. The molecule has 0 spiro atoms. The van der Waals surface area contributed by atoms with Gasteiger partial charge in [-0.2, -0.15) is 0 Å². The average Bonchev–Trinajstić information content (AvgIpc) is 2.02. The van der Waals surface area contributed by atoms with Crippen LogP contribution in [-0.4, -0.2) is 36.3 Å². The summed E-state index contributed by atoms with van der Waals surface area (Å²) in [4.78, 5) is 25.5. The van der Waals surface area contributed by atoms with E-state index in [1.165, 1.54) is 7.11 Å². The Hall–Kier alpha value is -1.14. The number of hydrogen-bond acceptors (Lipinski definition) is 4.